The van der Waals surface area contributed by atoms with Crippen LogP contribution in [0.25, 0.3) is 0 Å². The van der Waals surface area contributed by atoms with Crippen molar-refractivity contribution in [3.8, 4) is 0 Å². The summed E-state index contributed by atoms with van der Waals surface area (Å²) >= 11 is 0. The van der Waals surface area contributed by atoms with Crippen molar-refractivity contribution in [2.75, 3.05) is 6.54 Å². The Kier molecular flexibility index (Phi) is 5.76. The van der Waals surface area contributed by atoms with E-state index in [1.165, 1.54) is 5.56 Å². The lowest BCUT2D eigenvalue weighted by Gasteiger charge is -2.19. The van der Waals surface area contributed by atoms with E-state index >= 15 is 0 Å². The molecule has 0 aliphatic heterocycles. The highest BCUT2D eigenvalue weighted by atomic mass is 16.3. The second kappa shape index (κ2) is 7.78. The highest BCUT2D eigenvalue weighted by Gasteiger charge is 2.15. The van der Waals surface area contributed by atoms with Crippen LogP contribution >= 0.6 is 0 Å². The fourth-order valence-electron chi connectivity index (χ4n) is 2.35. The lowest BCUT2D eigenvalue weighted by Crippen LogP contribution is -2.39. The molecule has 3 N–H and O–H groups in total. The predicted molar refractivity (Wildman–Crippen MR) is 88.9 cm³/mol. The van der Waals surface area contributed by atoms with Gasteiger partial charge in [-0.3, -0.25) is 4.68 Å². The minimum atomic E-state index is -0.770. The highest BCUT2D eigenvalue weighted by molar-refractivity contribution is 5.74. The van der Waals surface area contributed by atoms with E-state index in [9.17, 15) is 9.90 Å². The third kappa shape index (κ3) is 4.82. The third-order valence-corrected chi connectivity index (χ3v) is 3.76. The number of aryl methyl sites for hydroxylation is 2. The van der Waals surface area contributed by atoms with Crippen LogP contribution in [0.3, 0.4) is 0 Å². The molecule has 23 heavy (non-hydrogen) atoms. The van der Waals surface area contributed by atoms with Gasteiger partial charge in [-0.1, -0.05) is 36.8 Å². The third-order valence-electron chi connectivity index (χ3n) is 3.76. The lowest BCUT2D eigenvalue weighted by atomic mass is 10.0. The maximum atomic E-state index is 12.0. The van der Waals surface area contributed by atoms with E-state index in [0.29, 0.717) is 5.56 Å². The summed E-state index contributed by atoms with van der Waals surface area (Å²) in [7, 11) is 1.78. The number of rotatable bonds is 6. The van der Waals surface area contributed by atoms with Gasteiger partial charge in [0.05, 0.1) is 18.3 Å². The molecule has 2 amide bonds. The Labute approximate surface area is 136 Å². The molecule has 0 aliphatic carbocycles. The van der Waals surface area contributed by atoms with Gasteiger partial charge >= 0.3 is 6.03 Å². The molecule has 0 fully saturated rings. The van der Waals surface area contributed by atoms with E-state index in [0.717, 1.165) is 12.0 Å². The van der Waals surface area contributed by atoms with Crippen molar-refractivity contribution < 1.29 is 9.90 Å². The Balaban J connectivity index is 1.86. The molecular weight excluding hydrogens is 292 g/mol. The molecule has 2 rings (SSSR count). The number of carbonyl (C=O) groups is 1. The SMILES string of the molecule is CC[C@@H](NC(=O)NC[C@@H](O)c1cnn(C)c1)c1ccc(C)cc1. The first kappa shape index (κ1) is 17.0. The zero-order valence-electron chi connectivity index (χ0n) is 13.8. The summed E-state index contributed by atoms with van der Waals surface area (Å²) in [6.07, 6.45) is 3.34. The number of nitrogens with zero attached hydrogens (tertiary/aromatic N) is 2. The number of carbonyl (C=O) groups excluding carboxylic acids is 1. The number of aliphatic hydroxyl groups excluding tert-OH is 1. The minimum absolute atomic E-state index is 0.0499. The predicted octanol–water partition coefficient (Wildman–Crippen LogP) is 2.21. The molecule has 2 atom stereocenters. The lowest BCUT2D eigenvalue weighted by molar-refractivity contribution is 0.172. The molecule has 0 aliphatic rings. The van der Waals surface area contributed by atoms with Crippen LogP contribution in [-0.2, 0) is 7.05 Å². The average Bonchev–Trinajstić information content (AvgIpc) is 2.98. The summed E-state index contributed by atoms with van der Waals surface area (Å²) in [6.45, 7) is 4.20. The fourth-order valence-corrected chi connectivity index (χ4v) is 2.35. The van der Waals surface area contributed by atoms with Crippen LogP contribution in [0, 0.1) is 6.92 Å². The molecule has 0 radical (unpaired) electrons. The molecule has 1 heterocycles. The standard InChI is InChI=1S/C17H24N4O2/c1-4-15(13-7-5-12(2)6-8-13)20-17(23)18-10-16(22)14-9-19-21(3)11-14/h5-9,11,15-16,22H,4,10H2,1-3H3,(H2,18,20,23)/t15-,16-/m1/s1. The number of benzene rings is 1. The van der Waals surface area contributed by atoms with Crippen LogP contribution in [0.2, 0.25) is 0 Å². The summed E-state index contributed by atoms with van der Waals surface area (Å²) in [5.41, 5.74) is 2.94. The first-order valence-electron chi connectivity index (χ1n) is 7.77. The first-order chi connectivity index (χ1) is 11.0. The number of aliphatic hydroxyl groups is 1. The molecule has 0 saturated carbocycles. The summed E-state index contributed by atoms with van der Waals surface area (Å²) in [4.78, 5) is 12.0. The van der Waals surface area contributed by atoms with Gasteiger partial charge in [0.15, 0.2) is 0 Å². The molecule has 0 spiro atoms. The summed E-state index contributed by atoms with van der Waals surface area (Å²) in [5.74, 6) is 0. The van der Waals surface area contributed by atoms with Crippen LogP contribution in [0.1, 0.15) is 42.2 Å². The van der Waals surface area contributed by atoms with Crippen LogP contribution in [0.4, 0.5) is 4.79 Å². The maximum absolute atomic E-state index is 12.0. The second-order valence-corrected chi connectivity index (χ2v) is 5.69. The number of amides is 2. The van der Waals surface area contributed by atoms with Crippen molar-refractivity contribution in [3.05, 3.63) is 53.3 Å². The van der Waals surface area contributed by atoms with Crippen LogP contribution in [0.15, 0.2) is 36.7 Å². The fraction of sp³-hybridized carbons (Fsp3) is 0.412. The first-order valence-corrected chi connectivity index (χ1v) is 7.77. The molecule has 6 nitrogen and oxygen atoms in total. The van der Waals surface area contributed by atoms with Crippen molar-refractivity contribution in [3.63, 3.8) is 0 Å². The van der Waals surface area contributed by atoms with Crippen molar-refractivity contribution in [1.82, 2.24) is 20.4 Å². The second-order valence-electron chi connectivity index (χ2n) is 5.69. The summed E-state index contributed by atoms with van der Waals surface area (Å²) in [5, 5.41) is 19.7. The van der Waals surface area contributed by atoms with Gasteiger partial charge in [-0.05, 0) is 18.9 Å². The number of aromatic nitrogens is 2. The van der Waals surface area contributed by atoms with E-state index in [4.69, 9.17) is 0 Å². The zero-order chi connectivity index (χ0) is 16.8. The number of hydrogen-bond acceptors (Lipinski definition) is 3. The van der Waals surface area contributed by atoms with Gasteiger partial charge in [0.25, 0.3) is 0 Å². The van der Waals surface area contributed by atoms with Crippen molar-refractivity contribution >= 4 is 6.03 Å². The quantitative estimate of drug-likeness (QED) is 0.764. The Bertz CT molecular complexity index is 636. The maximum Gasteiger partial charge on any atom is 0.315 e. The van der Waals surface area contributed by atoms with Crippen LogP contribution in [0.5, 0.6) is 0 Å². The average molecular weight is 316 g/mol. The van der Waals surface area contributed by atoms with Crippen molar-refractivity contribution in [1.29, 1.82) is 0 Å². The van der Waals surface area contributed by atoms with Gasteiger partial charge < -0.3 is 15.7 Å². The van der Waals surface area contributed by atoms with Gasteiger partial charge in [-0.25, -0.2) is 4.79 Å². The van der Waals surface area contributed by atoms with Gasteiger partial charge in [0, 0.05) is 25.4 Å². The van der Waals surface area contributed by atoms with E-state index in [1.807, 2.05) is 38.1 Å². The number of urea groups is 1. The smallest absolute Gasteiger partial charge is 0.315 e. The number of hydrogen-bond donors (Lipinski definition) is 3. The Morgan fingerprint density at radius 3 is 2.57 bits per heavy atom. The van der Waals surface area contributed by atoms with Crippen molar-refractivity contribution in [2.24, 2.45) is 7.05 Å². The molecule has 1 aromatic heterocycles. The Hall–Kier alpha value is -2.34. The molecule has 6 heteroatoms. The normalized spacial score (nSPS) is 13.4. The molecule has 1 aromatic carbocycles. The number of nitrogens with one attached hydrogen (secondary N) is 2. The molecule has 2 aromatic rings. The Morgan fingerprint density at radius 2 is 2.00 bits per heavy atom. The summed E-state index contributed by atoms with van der Waals surface area (Å²) < 4.78 is 1.61. The van der Waals surface area contributed by atoms with E-state index in [-0.39, 0.29) is 18.6 Å². The highest BCUT2D eigenvalue weighted by Crippen LogP contribution is 2.17. The monoisotopic (exact) mass is 316 g/mol. The van der Waals surface area contributed by atoms with Crippen LogP contribution in [-0.4, -0.2) is 27.5 Å². The van der Waals surface area contributed by atoms with E-state index < -0.39 is 6.10 Å². The van der Waals surface area contributed by atoms with Crippen LogP contribution < -0.4 is 10.6 Å². The minimum Gasteiger partial charge on any atom is -0.386 e. The van der Waals surface area contributed by atoms with Gasteiger partial charge in [-0.2, -0.15) is 5.10 Å². The van der Waals surface area contributed by atoms with E-state index in [2.05, 4.69) is 15.7 Å². The molecular formula is C17H24N4O2. The molecule has 124 valence electrons. The van der Waals surface area contributed by atoms with Gasteiger partial charge in [-0.15, -0.1) is 0 Å². The zero-order valence-corrected chi connectivity index (χ0v) is 13.8. The van der Waals surface area contributed by atoms with Gasteiger partial charge in [0.2, 0.25) is 0 Å². The Morgan fingerprint density at radius 1 is 1.30 bits per heavy atom. The molecule has 0 saturated heterocycles. The van der Waals surface area contributed by atoms with Gasteiger partial charge in [0.1, 0.15) is 0 Å². The summed E-state index contributed by atoms with van der Waals surface area (Å²) in [6, 6.07) is 7.77. The topological polar surface area (TPSA) is 79.2 Å². The van der Waals surface area contributed by atoms with Crippen molar-refractivity contribution in [2.45, 2.75) is 32.4 Å². The van der Waals surface area contributed by atoms with E-state index in [1.54, 1.807) is 24.1 Å². The largest absolute Gasteiger partial charge is 0.386 e. The molecule has 0 bridgehead atoms. The molecule has 0 unspecified atom stereocenters.